The van der Waals surface area contributed by atoms with Crippen LogP contribution in [0.5, 0.6) is 0 Å². The molecule has 0 amide bonds. The van der Waals surface area contributed by atoms with E-state index in [-0.39, 0.29) is 0 Å². The van der Waals surface area contributed by atoms with Crippen molar-refractivity contribution in [1.29, 1.82) is 0 Å². The van der Waals surface area contributed by atoms with E-state index in [2.05, 4.69) is 24.8 Å². The number of thiocarbonyl (C=S) groups is 1. The molecule has 0 aromatic heterocycles. The van der Waals surface area contributed by atoms with Crippen molar-refractivity contribution in [2.24, 2.45) is 0 Å². The summed E-state index contributed by atoms with van der Waals surface area (Å²) in [6.45, 7) is 1.76. The van der Waals surface area contributed by atoms with Gasteiger partial charge in [0.25, 0.3) is 0 Å². The summed E-state index contributed by atoms with van der Waals surface area (Å²) in [5.41, 5.74) is 0.812. The van der Waals surface area contributed by atoms with Gasteiger partial charge in [0.2, 0.25) is 0 Å². The van der Waals surface area contributed by atoms with Gasteiger partial charge in [-0.05, 0) is 24.7 Å². The van der Waals surface area contributed by atoms with Gasteiger partial charge < -0.3 is 5.11 Å². The largest absolute Gasteiger partial charge is 0.382 e. The van der Waals surface area contributed by atoms with Crippen molar-refractivity contribution < 1.29 is 5.11 Å². The first-order valence-corrected chi connectivity index (χ1v) is 6.45. The molecule has 0 aromatic rings. The third-order valence-electron chi connectivity index (χ3n) is 1.84. The van der Waals surface area contributed by atoms with Crippen LogP contribution in [0.25, 0.3) is 0 Å². The van der Waals surface area contributed by atoms with Gasteiger partial charge in [-0.25, -0.2) is 0 Å². The molecule has 0 saturated heterocycles. The quantitative estimate of drug-likeness (QED) is 0.452. The summed E-state index contributed by atoms with van der Waals surface area (Å²) in [6.07, 6.45) is 5.90. The van der Waals surface area contributed by atoms with Crippen LogP contribution in [-0.4, -0.2) is 21.2 Å². The maximum atomic E-state index is 9.33. The minimum atomic E-state index is -0.399. The summed E-state index contributed by atoms with van der Waals surface area (Å²) in [7, 11) is 0. The summed E-state index contributed by atoms with van der Waals surface area (Å²) in [5.74, 6) is 0.812. The fourth-order valence-electron chi connectivity index (χ4n) is 1.28. The number of rotatable bonds is 4. The maximum absolute atomic E-state index is 9.33. The lowest BCUT2D eigenvalue weighted by Gasteiger charge is -2.17. The van der Waals surface area contributed by atoms with E-state index in [9.17, 15) is 5.11 Å². The highest BCUT2D eigenvalue weighted by Gasteiger charge is 2.15. The monoisotopic (exact) mass is 246 g/mol. The van der Waals surface area contributed by atoms with Crippen LogP contribution in [0.3, 0.4) is 0 Å². The molecule has 0 aliphatic heterocycles. The van der Waals surface area contributed by atoms with E-state index in [0.29, 0.717) is 0 Å². The highest BCUT2D eigenvalue weighted by atomic mass is 32.2. The highest BCUT2D eigenvalue weighted by Crippen LogP contribution is 2.31. The molecule has 1 nitrogen and oxygen atoms in total. The Morgan fingerprint density at radius 2 is 2.43 bits per heavy atom. The third-order valence-corrected chi connectivity index (χ3v) is 3.65. The van der Waals surface area contributed by atoms with E-state index < -0.39 is 5.44 Å². The highest BCUT2D eigenvalue weighted by molar-refractivity contribution is 8.05. The van der Waals surface area contributed by atoms with Gasteiger partial charge in [-0.15, -0.1) is 0 Å². The van der Waals surface area contributed by atoms with Crippen LogP contribution in [0.15, 0.2) is 22.6 Å². The van der Waals surface area contributed by atoms with E-state index in [1.807, 2.05) is 0 Å². The lowest BCUT2D eigenvalue weighted by atomic mass is 10.0. The average Bonchev–Trinajstić information content (AvgIpc) is 2.11. The fourth-order valence-corrected chi connectivity index (χ4v) is 2.77. The Labute approximate surface area is 100 Å². The Morgan fingerprint density at radius 3 is 3.00 bits per heavy atom. The number of aliphatic hydroxyl groups is 1. The first-order valence-electron chi connectivity index (χ1n) is 4.53. The maximum Gasteiger partial charge on any atom is 0.101 e. The van der Waals surface area contributed by atoms with Gasteiger partial charge in [0.1, 0.15) is 5.44 Å². The van der Waals surface area contributed by atoms with Crippen LogP contribution in [0.1, 0.15) is 19.8 Å². The van der Waals surface area contributed by atoms with Gasteiger partial charge >= 0.3 is 0 Å². The van der Waals surface area contributed by atoms with Crippen LogP contribution >= 0.6 is 36.6 Å². The van der Waals surface area contributed by atoms with Crippen LogP contribution in [0, 0.1) is 0 Å². The number of hydrogen-bond donors (Lipinski definition) is 2. The van der Waals surface area contributed by atoms with Crippen molar-refractivity contribution in [3.05, 3.63) is 22.6 Å². The smallest absolute Gasteiger partial charge is 0.101 e. The molecule has 78 valence electrons. The van der Waals surface area contributed by atoms with Gasteiger partial charge in [0, 0.05) is 16.2 Å². The van der Waals surface area contributed by atoms with Crippen molar-refractivity contribution >= 4 is 41.5 Å². The summed E-state index contributed by atoms with van der Waals surface area (Å²) in [6, 6.07) is 0. The molecule has 1 N–H and O–H groups in total. The molecular formula is C10H14OS3. The Bertz CT molecular complexity index is 279. The molecule has 4 heteroatoms. The number of thiol groups is 1. The number of thioether (sulfide) groups is 1. The zero-order chi connectivity index (χ0) is 10.6. The zero-order valence-electron chi connectivity index (χ0n) is 8.06. The minimum Gasteiger partial charge on any atom is -0.382 e. The molecule has 14 heavy (non-hydrogen) atoms. The lowest BCUT2D eigenvalue weighted by Crippen LogP contribution is -2.07. The van der Waals surface area contributed by atoms with E-state index in [0.717, 1.165) is 28.4 Å². The van der Waals surface area contributed by atoms with Gasteiger partial charge in [-0.2, -0.15) is 12.6 Å². The van der Waals surface area contributed by atoms with Crippen molar-refractivity contribution in [3.8, 4) is 0 Å². The van der Waals surface area contributed by atoms with Crippen molar-refractivity contribution in [2.75, 3.05) is 5.75 Å². The van der Waals surface area contributed by atoms with Crippen LogP contribution < -0.4 is 0 Å². The van der Waals surface area contributed by atoms with Gasteiger partial charge in [0.15, 0.2) is 0 Å². The Morgan fingerprint density at radius 1 is 1.71 bits per heavy atom. The zero-order valence-corrected chi connectivity index (χ0v) is 10.6. The summed E-state index contributed by atoms with van der Waals surface area (Å²) in [4.78, 5) is 2.02. The Balaban J connectivity index is 2.86. The third kappa shape index (κ3) is 3.42. The number of aliphatic hydroxyl groups excluding tert-OH is 1. The summed E-state index contributed by atoms with van der Waals surface area (Å²) in [5, 5.41) is 9.33. The summed E-state index contributed by atoms with van der Waals surface area (Å²) >= 11 is 10.9. The predicted molar refractivity (Wildman–Crippen MR) is 71.1 cm³/mol. The molecule has 0 heterocycles. The molecule has 1 atom stereocenters. The Hall–Kier alpha value is 0.230. The fraction of sp³-hybridized carbons (Fsp3) is 0.500. The molecule has 1 unspecified atom stereocenters. The lowest BCUT2D eigenvalue weighted by molar-refractivity contribution is 0.284. The van der Waals surface area contributed by atoms with E-state index in [1.165, 1.54) is 17.3 Å². The van der Waals surface area contributed by atoms with E-state index in [1.54, 1.807) is 6.92 Å². The van der Waals surface area contributed by atoms with Gasteiger partial charge in [-0.1, -0.05) is 36.1 Å². The van der Waals surface area contributed by atoms with Crippen molar-refractivity contribution in [1.82, 2.24) is 0 Å². The SMILES string of the molecule is CC(O)SC1=C(CCS)C=CCC1=S. The molecule has 0 aromatic carbocycles. The number of allylic oxidation sites excluding steroid dienone is 4. The van der Waals surface area contributed by atoms with Gasteiger partial charge in [-0.3, -0.25) is 0 Å². The first kappa shape index (κ1) is 12.3. The molecule has 0 spiro atoms. The van der Waals surface area contributed by atoms with Gasteiger partial charge in [0.05, 0.1) is 0 Å². The molecule has 1 aliphatic carbocycles. The minimum absolute atomic E-state index is 0.399. The van der Waals surface area contributed by atoms with E-state index >= 15 is 0 Å². The molecule has 0 bridgehead atoms. The standard InChI is InChI=1S/C10H14OS3/c1-7(11)14-10-8(5-6-12)3-2-4-9(10)13/h2-3,7,11-12H,4-6H2,1H3. The first-order chi connectivity index (χ1) is 6.65. The average molecular weight is 246 g/mol. The van der Waals surface area contributed by atoms with E-state index in [4.69, 9.17) is 12.2 Å². The second-order valence-corrected chi connectivity index (χ2v) is 5.34. The topological polar surface area (TPSA) is 20.2 Å². The molecule has 0 fully saturated rings. The molecule has 1 aliphatic rings. The second-order valence-electron chi connectivity index (χ2n) is 3.07. The summed E-state index contributed by atoms with van der Waals surface area (Å²) < 4.78 is 0. The van der Waals surface area contributed by atoms with Crippen molar-refractivity contribution in [3.63, 3.8) is 0 Å². The molecule has 0 radical (unpaired) electrons. The normalized spacial score (nSPS) is 18.9. The predicted octanol–water partition coefficient (Wildman–Crippen LogP) is 2.96. The van der Waals surface area contributed by atoms with Crippen LogP contribution in [0.2, 0.25) is 0 Å². The van der Waals surface area contributed by atoms with Crippen LogP contribution in [-0.2, 0) is 0 Å². The number of hydrogen-bond acceptors (Lipinski definition) is 4. The molecular weight excluding hydrogens is 232 g/mol. The molecule has 1 rings (SSSR count). The molecule has 0 saturated carbocycles. The Kier molecular flexibility index (Phi) is 5.23. The second kappa shape index (κ2) is 5.95. The van der Waals surface area contributed by atoms with Crippen molar-refractivity contribution in [2.45, 2.75) is 25.2 Å². The van der Waals surface area contributed by atoms with Crippen LogP contribution in [0.4, 0.5) is 0 Å².